The van der Waals surface area contributed by atoms with Crippen LogP contribution in [0.25, 0.3) is 6.08 Å². The van der Waals surface area contributed by atoms with Crippen LogP contribution >= 0.6 is 0 Å². The summed E-state index contributed by atoms with van der Waals surface area (Å²) in [6, 6.07) is 15.5. The van der Waals surface area contributed by atoms with Gasteiger partial charge in [0.2, 0.25) is 0 Å². The number of amides is 1. The molecule has 1 N–H and O–H groups in total. The van der Waals surface area contributed by atoms with Crippen LogP contribution in [0.5, 0.6) is 0 Å². The van der Waals surface area contributed by atoms with Gasteiger partial charge in [-0.2, -0.15) is 0 Å². The van der Waals surface area contributed by atoms with Crippen molar-refractivity contribution in [2.45, 2.75) is 19.8 Å². The highest BCUT2D eigenvalue weighted by molar-refractivity contribution is 5.94. The van der Waals surface area contributed by atoms with Crippen molar-refractivity contribution < 1.29 is 14.3 Å². The van der Waals surface area contributed by atoms with Gasteiger partial charge in [-0.05, 0) is 55.7 Å². The van der Waals surface area contributed by atoms with E-state index in [0.717, 1.165) is 29.9 Å². The van der Waals surface area contributed by atoms with Crippen LogP contribution in [0.4, 0.5) is 11.4 Å². The summed E-state index contributed by atoms with van der Waals surface area (Å²) < 4.78 is 4.98. The van der Waals surface area contributed by atoms with Crippen molar-refractivity contribution in [3.05, 3.63) is 65.7 Å². The van der Waals surface area contributed by atoms with Gasteiger partial charge in [0.25, 0.3) is 5.91 Å². The normalized spacial score (nSPS) is 13.7. The number of hydrogen-bond donors (Lipinski definition) is 1. The Labute approximate surface area is 159 Å². The Kier molecular flexibility index (Phi) is 6.26. The summed E-state index contributed by atoms with van der Waals surface area (Å²) in [4.78, 5) is 26.0. The topological polar surface area (TPSA) is 58.6 Å². The number of nitrogens with zero attached hydrogens (tertiary/aromatic N) is 1. The predicted molar refractivity (Wildman–Crippen MR) is 108 cm³/mol. The maximum absolute atomic E-state index is 11.9. The van der Waals surface area contributed by atoms with E-state index in [-0.39, 0.29) is 12.5 Å². The average Bonchev–Trinajstić information content (AvgIpc) is 3.21. The zero-order valence-electron chi connectivity index (χ0n) is 15.5. The summed E-state index contributed by atoms with van der Waals surface area (Å²) in [6.07, 6.45) is 5.43. The largest absolute Gasteiger partial charge is 0.452 e. The van der Waals surface area contributed by atoms with Gasteiger partial charge in [0, 0.05) is 30.5 Å². The van der Waals surface area contributed by atoms with Crippen LogP contribution in [0.15, 0.2) is 54.6 Å². The average molecular weight is 364 g/mol. The lowest BCUT2D eigenvalue weighted by Crippen LogP contribution is -2.20. The van der Waals surface area contributed by atoms with Crippen LogP contribution in [0.1, 0.15) is 24.0 Å². The predicted octanol–water partition coefficient (Wildman–Crippen LogP) is 3.79. The third kappa shape index (κ3) is 5.71. The molecule has 0 aromatic heterocycles. The van der Waals surface area contributed by atoms with Gasteiger partial charge in [0.15, 0.2) is 6.61 Å². The Morgan fingerprint density at radius 1 is 1.04 bits per heavy atom. The monoisotopic (exact) mass is 364 g/mol. The molecular formula is C22H24N2O3. The van der Waals surface area contributed by atoms with Crippen LogP contribution in [0.2, 0.25) is 0 Å². The third-order valence-electron chi connectivity index (χ3n) is 4.46. The first-order valence-electron chi connectivity index (χ1n) is 9.16. The number of aryl methyl sites for hydroxylation is 1. The molecule has 5 nitrogen and oxygen atoms in total. The molecule has 5 heteroatoms. The summed E-state index contributed by atoms with van der Waals surface area (Å²) in [7, 11) is 0. The number of hydrogen-bond acceptors (Lipinski definition) is 4. The van der Waals surface area contributed by atoms with E-state index in [9.17, 15) is 9.59 Å². The Bertz CT molecular complexity index is 804. The molecule has 0 saturated carbocycles. The molecule has 2 aromatic carbocycles. The van der Waals surface area contributed by atoms with Crippen molar-refractivity contribution in [1.82, 2.24) is 0 Å². The molecule has 140 valence electrons. The van der Waals surface area contributed by atoms with Gasteiger partial charge in [-0.3, -0.25) is 4.79 Å². The lowest BCUT2D eigenvalue weighted by Gasteiger charge is -2.17. The number of carbonyl (C=O) groups excluding carboxylic acids is 2. The van der Waals surface area contributed by atoms with E-state index in [1.54, 1.807) is 6.08 Å². The van der Waals surface area contributed by atoms with Crippen LogP contribution in [-0.4, -0.2) is 31.6 Å². The Balaban J connectivity index is 1.43. The van der Waals surface area contributed by atoms with Gasteiger partial charge in [0.05, 0.1) is 0 Å². The molecule has 0 atom stereocenters. The summed E-state index contributed by atoms with van der Waals surface area (Å²) in [5, 5.41) is 2.74. The number of rotatable bonds is 6. The number of carbonyl (C=O) groups is 2. The molecule has 0 bridgehead atoms. The van der Waals surface area contributed by atoms with Gasteiger partial charge >= 0.3 is 5.97 Å². The zero-order valence-corrected chi connectivity index (χ0v) is 15.5. The number of benzene rings is 2. The number of nitrogens with one attached hydrogen (secondary N) is 1. The van der Waals surface area contributed by atoms with Crippen LogP contribution in [-0.2, 0) is 14.3 Å². The van der Waals surface area contributed by atoms with Crippen molar-refractivity contribution in [2.75, 3.05) is 29.9 Å². The number of anilines is 2. The summed E-state index contributed by atoms with van der Waals surface area (Å²) in [5.74, 6) is -0.906. The molecule has 27 heavy (non-hydrogen) atoms. The SMILES string of the molecule is Cc1ccc(/C=C/C(=O)OCC(=O)Nc2ccc(N3CCCC3)cc2)cc1. The van der Waals surface area contributed by atoms with Crippen LogP contribution in [0.3, 0.4) is 0 Å². The molecule has 1 saturated heterocycles. The Morgan fingerprint density at radius 2 is 1.70 bits per heavy atom. The Morgan fingerprint density at radius 3 is 2.37 bits per heavy atom. The smallest absolute Gasteiger partial charge is 0.331 e. The molecule has 1 aliphatic heterocycles. The van der Waals surface area contributed by atoms with Gasteiger partial charge in [0.1, 0.15) is 0 Å². The molecule has 0 aliphatic carbocycles. The lowest BCUT2D eigenvalue weighted by atomic mass is 10.1. The van der Waals surface area contributed by atoms with E-state index in [1.165, 1.54) is 18.9 Å². The molecule has 3 rings (SSSR count). The van der Waals surface area contributed by atoms with E-state index in [0.29, 0.717) is 5.69 Å². The van der Waals surface area contributed by atoms with Crippen molar-refractivity contribution >= 4 is 29.3 Å². The summed E-state index contributed by atoms with van der Waals surface area (Å²) in [6.45, 7) is 3.85. The second-order valence-electron chi connectivity index (χ2n) is 6.64. The highest BCUT2D eigenvalue weighted by atomic mass is 16.5. The fourth-order valence-electron chi connectivity index (χ4n) is 2.95. The van der Waals surface area contributed by atoms with Crippen LogP contribution < -0.4 is 10.2 Å². The minimum absolute atomic E-state index is 0.315. The molecule has 2 aromatic rings. The van der Waals surface area contributed by atoms with Crippen molar-refractivity contribution in [3.8, 4) is 0 Å². The molecule has 1 fully saturated rings. The summed E-state index contributed by atoms with van der Waals surface area (Å²) >= 11 is 0. The van der Waals surface area contributed by atoms with Crippen molar-refractivity contribution in [1.29, 1.82) is 0 Å². The first-order valence-corrected chi connectivity index (χ1v) is 9.16. The minimum atomic E-state index is -0.546. The van der Waals surface area contributed by atoms with Gasteiger partial charge in [-0.25, -0.2) is 4.79 Å². The van der Waals surface area contributed by atoms with Crippen molar-refractivity contribution in [3.63, 3.8) is 0 Å². The zero-order chi connectivity index (χ0) is 19.1. The molecule has 1 heterocycles. The second-order valence-corrected chi connectivity index (χ2v) is 6.64. The second kappa shape index (κ2) is 9.03. The molecule has 0 unspecified atom stereocenters. The number of esters is 1. The maximum Gasteiger partial charge on any atom is 0.331 e. The van der Waals surface area contributed by atoms with Crippen LogP contribution in [0, 0.1) is 6.92 Å². The van der Waals surface area contributed by atoms with E-state index in [1.807, 2.05) is 55.5 Å². The third-order valence-corrected chi connectivity index (χ3v) is 4.46. The minimum Gasteiger partial charge on any atom is -0.452 e. The van der Waals surface area contributed by atoms with E-state index < -0.39 is 5.97 Å². The molecule has 1 amide bonds. The number of ether oxygens (including phenoxy) is 1. The van der Waals surface area contributed by atoms with Gasteiger partial charge in [-0.1, -0.05) is 29.8 Å². The first-order chi connectivity index (χ1) is 13.1. The van der Waals surface area contributed by atoms with Gasteiger partial charge in [-0.15, -0.1) is 0 Å². The van der Waals surface area contributed by atoms with Gasteiger partial charge < -0.3 is 15.0 Å². The highest BCUT2D eigenvalue weighted by Crippen LogP contribution is 2.21. The molecule has 0 radical (unpaired) electrons. The Hall–Kier alpha value is -3.08. The van der Waals surface area contributed by atoms with E-state index >= 15 is 0 Å². The fraction of sp³-hybridized carbons (Fsp3) is 0.273. The molecule has 1 aliphatic rings. The quantitative estimate of drug-likeness (QED) is 0.626. The standard InChI is InChI=1S/C22H24N2O3/c1-17-4-6-18(7-5-17)8-13-22(26)27-16-21(25)23-19-9-11-20(12-10-19)24-14-2-3-15-24/h4-13H,2-3,14-16H2,1H3,(H,23,25)/b13-8+. The fourth-order valence-corrected chi connectivity index (χ4v) is 2.95. The molecule has 0 spiro atoms. The van der Waals surface area contributed by atoms with E-state index in [2.05, 4.69) is 10.2 Å². The van der Waals surface area contributed by atoms with E-state index in [4.69, 9.17) is 4.74 Å². The molecular weight excluding hydrogens is 340 g/mol. The first kappa shape index (κ1) is 18.7. The highest BCUT2D eigenvalue weighted by Gasteiger charge is 2.12. The van der Waals surface area contributed by atoms with Crippen molar-refractivity contribution in [2.24, 2.45) is 0 Å². The lowest BCUT2D eigenvalue weighted by molar-refractivity contribution is -0.142. The maximum atomic E-state index is 11.9. The summed E-state index contributed by atoms with van der Waals surface area (Å²) in [5.41, 5.74) is 3.91.